The molecule has 2 rings (SSSR count). The fourth-order valence-electron chi connectivity index (χ4n) is 1.85. The molecule has 0 saturated heterocycles. The number of nitrogens with one attached hydrogen (secondary N) is 2. The van der Waals surface area contributed by atoms with Gasteiger partial charge in [-0.2, -0.15) is 5.10 Å². The molecule has 0 spiro atoms. The molecule has 0 bridgehead atoms. The molecule has 0 amide bonds. The number of hydrazone groups is 1. The molecular weight excluding hydrogens is 386 g/mol. The Bertz CT molecular complexity index is 719. The lowest BCUT2D eigenvalue weighted by Gasteiger charge is -2.10. The van der Waals surface area contributed by atoms with Crippen molar-refractivity contribution >= 4 is 39.5 Å². The first kappa shape index (κ1) is 18.2. The summed E-state index contributed by atoms with van der Waals surface area (Å²) in [6.45, 7) is 4.70. The molecule has 0 aliphatic heterocycles. The molecule has 0 heterocycles. The maximum atomic E-state index is 5.90. The first-order valence-corrected chi connectivity index (χ1v) is 8.53. The molecule has 6 heteroatoms. The maximum absolute atomic E-state index is 5.90. The van der Waals surface area contributed by atoms with Gasteiger partial charge in [0.15, 0.2) is 5.11 Å². The van der Waals surface area contributed by atoms with E-state index in [-0.39, 0.29) is 0 Å². The van der Waals surface area contributed by atoms with Gasteiger partial charge in [0.25, 0.3) is 0 Å². The molecule has 124 valence electrons. The Kier molecular flexibility index (Phi) is 7.45. The van der Waals surface area contributed by atoms with Crippen molar-refractivity contribution in [3.8, 4) is 5.75 Å². The molecule has 2 N–H and O–H groups in total. The topological polar surface area (TPSA) is 45.7 Å². The van der Waals surface area contributed by atoms with Crippen molar-refractivity contribution in [1.29, 1.82) is 0 Å². The van der Waals surface area contributed by atoms with Gasteiger partial charge in [0, 0.05) is 16.6 Å². The second-order valence-electron chi connectivity index (χ2n) is 4.83. The van der Waals surface area contributed by atoms with Crippen LogP contribution in [-0.2, 0) is 6.61 Å². The number of halogens is 1. The normalized spacial score (nSPS) is 10.4. The molecule has 0 radical (unpaired) electrons. The van der Waals surface area contributed by atoms with E-state index < -0.39 is 0 Å². The number of nitrogens with zero attached hydrogens (tertiary/aromatic N) is 1. The Morgan fingerprint density at radius 1 is 1.25 bits per heavy atom. The quantitative estimate of drug-likeness (QED) is 0.317. The fraction of sp³-hybridized carbons (Fsp3) is 0.111. The van der Waals surface area contributed by atoms with Gasteiger partial charge in [-0.05, 0) is 36.0 Å². The molecule has 0 atom stereocenters. The van der Waals surface area contributed by atoms with E-state index in [4.69, 9.17) is 17.0 Å². The summed E-state index contributed by atoms with van der Waals surface area (Å²) in [6, 6.07) is 15.8. The van der Waals surface area contributed by atoms with E-state index >= 15 is 0 Å². The largest absolute Gasteiger partial charge is 0.488 e. The van der Waals surface area contributed by atoms with E-state index in [9.17, 15) is 0 Å². The van der Waals surface area contributed by atoms with Gasteiger partial charge in [0.1, 0.15) is 12.4 Å². The summed E-state index contributed by atoms with van der Waals surface area (Å²) < 4.78 is 6.85. The molecule has 0 fully saturated rings. The van der Waals surface area contributed by atoms with E-state index in [0.717, 1.165) is 21.3 Å². The van der Waals surface area contributed by atoms with Crippen molar-refractivity contribution in [2.45, 2.75) is 6.61 Å². The van der Waals surface area contributed by atoms with Crippen LogP contribution < -0.4 is 15.5 Å². The van der Waals surface area contributed by atoms with E-state index in [1.165, 1.54) is 0 Å². The van der Waals surface area contributed by atoms with Gasteiger partial charge in [0.2, 0.25) is 0 Å². The number of ether oxygens (including phenoxy) is 1. The Morgan fingerprint density at radius 2 is 2.04 bits per heavy atom. The standard InChI is InChI=1S/C18H18BrN3OS/c1-2-10-20-18(24)22-21-12-15-11-16(19)8-9-17(15)23-13-14-6-4-3-5-7-14/h2-9,11-12H,1,10,13H2,(H2,20,22,24)/b21-12+. The second-order valence-corrected chi connectivity index (χ2v) is 6.15. The predicted octanol–water partition coefficient (Wildman–Crippen LogP) is 4.01. The fourth-order valence-corrected chi connectivity index (χ4v) is 2.37. The minimum Gasteiger partial charge on any atom is -0.488 e. The monoisotopic (exact) mass is 403 g/mol. The third kappa shape index (κ3) is 6.14. The van der Waals surface area contributed by atoms with Crippen LogP contribution in [0.3, 0.4) is 0 Å². The van der Waals surface area contributed by atoms with Gasteiger partial charge in [-0.1, -0.05) is 52.3 Å². The predicted molar refractivity (Wildman–Crippen MR) is 106 cm³/mol. The van der Waals surface area contributed by atoms with E-state index in [1.54, 1.807) is 12.3 Å². The summed E-state index contributed by atoms with van der Waals surface area (Å²) in [4.78, 5) is 0. The number of benzene rings is 2. The van der Waals surface area contributed by atoms with Crippen LogP contribution in [0.25, 0.3) is 0 Å². The summed E-state index contributed by atoms with van der Waals surface area (Å²) in [5.74, 6) is 0.748. The lowest BCUT2D eigenvalue weighted by atomic mass is 10.2. The number of thiocarbonyl (C=S) groups is 1. The average molecular weight is 404 g/mol. The van der Waals surface area contributed by atoms with Gasteiger partial charge in [-0.3, -0.25) is 5.43 Å². The summed E-state index contributed by atoms with van der Waals surface area (Å²) in [5.41, 5.74) is 4.71. The van der Waals surface area contributed by atoms with E-state index in [1.807, 2.05) is 48.5 Å². The van der Waals surface area contributed by atoms with E-state index in [0.29, 0.717) is 18.3 Å². The first-order chi connectivity index (χ1) is 11.7. The van der Waals surface area contributed by atoms with Crippen LogP contribution in [0.2, 0.25) is 0 Å². The van der Waals surface area contributed by atoms with Gasteiger partial charge in [-0.15, -0.1) is 6.58 Å². The summed E-state index contributed by atoms with van der Waals surface area (Å²) in [5, 5.41) is 7.51. The van der Waals surface area contributed by atoms with Crippen LogP contribution >= 0.6 is 28.1 Å². The third-order valence-corrected chi connectivity index (χ3v) is 3.71. The summed E-state index contributed by atoms with van der Waals surface area (Å²) >= 11 is 8.54. The second kappa shape index (κ2) is 9.85. The van der Waals surface area contributed by atoms with Crippen LogP contribution in [0.15, 0.2) is 70.8 Å². The van der Waals surface area contributed by atoms with Gasteiger partial charge < -0.3 is 10.1 Å². The zero-order chi connectivity index (χ0) is 17.2. The van der Waals surface area contributed by atoms with Gasteiger partial charge in [-0.25, -0.2) is 0 Å². The number of rotatable bonds is 7. The molecule has 2 aromatic rings. The highest BCUT2D eigenvalue weighted by Gasteiger charge is 2.03. The molecule has 0 aliphatic carbocycles. The third-order valence-electron chi connectivity index (χ3n) is 2.99. The minimum absolute atomic E-state index is 0.438. The Labute approximate surface area is 155 Å². The van der Waals surface area contributed by atoms with Crippen molar-refractivity contribution in [2.24, 2.45) is 5.10 Å². The van der Waals surface area contributed by atoms with Crippen LogP contribution in [0, 0.1) is 0 Å². The van der Waals surface area contributed by atoms with Crippen LogP contribution in [0.1, 0.15) is 11.1 Å². The van der Waals surface area contributed by atoms with Gasteiger partial charge >= 0.3 is 0 Å². The first-order valence-electron chi connectivity index (χ1n) is 7.33. The van der Waals surface area contributed by atoms with E-state index in [2.05, 4.69) is 38.4 Å². The highest BCUT2D eigenvalue weighted by atomic mass is 79.9. The average Bonchev–Trinajstić information content (AvgIpc) is 2.60. The van der Waals surface area contributed by atoms with Crippen molar-refractivity contribution in [1.82, 2.24) is 10.7 Å². The van der Waals surface area contributed by atoms with Gasteiger partial charge in [0.05, 0.1) is 6.21 Å². The summed E-state index contributed by atoms with van der Waals surface area (Å²) in [6.07, 6.45) is 3.40. The Morgan fingerprint density at radius 3 is 2.79 bits per heavy atom. The highest BCUT2D eigenvalue weighted by Crippen LogP contribution is 2.22. The molecule has 24 heavy (non-hydrogen) atoms. The highest BCUT2D eigenvalue weighted by molar-refractivity contribution is 9.10. The molecule has 0 aliphatic rings. The lowest BCUT2D eigenvalue weighted by molar-refractivity contribution is 0.306. The van der Waals surface area contributed by atoms with Crippen LogP contribution in [0.4, 0.5) is 0 Å². The number of hydrogen-bond acceptors (Lipinski definition) is 3. The van der Waals surface area contributed by atoms with Crippen molar-refractivity contribution in [3.63, 3.8) is 0 Å². The Hall–Kier alpha value is -2.18. The van der Waals surface area contributed by atoms with Crippen molar-refractivity contribution in [2.75, 3.05) is 6.54 Å². The number of hydrogen-bond donors (Lipinski definition) is 2. The molecule has 0 aromatic heterocycles. The van der Waals surface area contributed by atoms with Crippen LogP contribution in [-0.4, -0.2) is 17.9 Å². The minimum atomic E-state index is 0.438. The zero-order valence-corrected chi connectivity index (χ0v) is 15.4. The smallest absolute Gasteiger partial charge is 0.187 e. The van der Waals surface area contributed by atoms with Crippen molar-refractivity contribution in [3.05, 3.63) is 76.8 Å². The molecule has 4 nitrogen and oxygen atoms in total. The molecular formula is C18H18BrN3OS. The maximum Gasteiger partial charge on any atom is 0.187 e. The molecule has 0 unspecified atom stereocenters. The summed E-state index contributed by atoms with van der Waals surface area (Å²) in [7, 11) is 0. The Balaban J connectivity index is 2.01. The van der Waals surface area contributed by atoms with Crippen molar-refractivity contribution < 1.29 is 4.74 Å². The zero-order valence-electron chi connectivity index (χ0n) is 13.0. The SMILES string of the molecule is C=CCNC(=S)N/N=C/c1cc(Br)ccc1OCc1ccccc1. The molecule has 2 aromatic carbocycles. The lowest BCUT2D eigenvalue weighted by Crippen LogP contribution is -2.31. The molecule has 0 saturated carbocycles. The van der Waals surface area contributed by atoms with Crippen LogP contribution in [0.5, 0.6) is 5.75 Å².